The Hall–Kier alpha value is -2.21. The Balaban J connectivity index is 2.41. The van der Waals surface area contributed by atoms with Gasteiger partial charge in [-0.25, -0.2) is 9.78 Å². The number of carbonyl (C=O) groups is 2. The van der Waals surface area contributed by atoms with Crippen LogP contribution in [0.1, 0.15) is 29.9 Å². The minimum absolute atomic E-state index is 0.140. The van der Waals surface area contributed by atoms with Crippen molar-refractivity contribution < 1.29 is 14.3 Å². The molecule has 0 bridgehead atoms. The van der Waals surface area contributed by atoms with Crippen LogP contribution in [0.15, 0.2) is 30.3 Å². The van der Waals surface area contributed by atoms with E-state index in [1.54, 1.807) is 13.8 Å². The van der Waals surface area contributed by atoms with Gasteiger partial charge in [0, 0.05) is 12.0 Å². The third kappa shape index (κ3) is 3.66. The third-order valence-electron chi connectivity index (χ3n) is 2.70. The average Bonchev–Trinajstić information content (AvgIpc) is 2.92. The minimum atomic E-state index is -0.425. The molecule has 0 aliphatic carbocycles. The molecule has 0 radical (unpaired) electrons. The molecule has 1 aromatic heterocycles. The average molecular weight is 304 g/mol. The predicted molar refractivity (Wildman–Crippen MR) is 82.4 cm³/mol. The van der Waals surface area contributed by atoms with Gasteiger partial charge in [-0.2, -0.15) is 0 Å². The summed E-state index contributed by atoms with van der Waals surface area (Å²) in [6.07, 6.45) is 0.356. The van der Waals surface area contributed by atoms with E-state index in [0.717, 1.165) is 16.9 Å². The highest BCUT2D eigenvalue weighted by Gasteiger charge is 2.21. The van der Waals surface area contributed by atoms with Gasteiger partial charge in [0.1, 0.15) is 4.88 Å². The van der Waals surface area contributed by atoms with Crippen molar-refractivity contribution in [2.45, 2.75) is 20.3 Å². The maximum absolute atomic E-state index is 12.0. The van der Waals surface area contributed by atoms with E-state index in [1.165, 1.54) is 0 Å². The number of ether oxygens (including phenoxy) is 1. The Morgan fingerprint density at radius 1 is 1.24 bits per heavy atom. The van der Waals surface area contributed by atoms with E-state index in [9.17, 15) is 9.59 Å². The van der Waals surface area contributed by atoms with E-state index in [1.807, 2.05) is 30.3 Å². The fourth-order valence-electron chi connectivity index (χ4n) is 1.71. The Kier molecular flexibility index (Phi) is 5.05. The van der Waals surface area contributed by atoms with E-state index >= 15 is 0 Å². The molecule has 5 nitrogen and oxygen atoms in total. The number of hydrogen-bond acceptors (Lipinski definition) is 5. The lowest BCUT2D eigenvalue weighted by atomic mass is 10.1. The maximum atomic E-state index is 12.0. The van der Waals surface area contributed by atoms with Crippen molar-refractivity contribution >= 4 is 28.3 Å². The highest BCUT2D eigenvalue weighted by atomic mass is 32.1. The largest absolute Gasteiger partial charge is 0.462 e. The normalized spacial score (nSPS) is 10.2. The first-order valence-corrected chi connectivity index (χ1v) is 7.50. The molecule has 0 aliphatic rings. The number of aromatic nitrogens is 1. The van der Waals surface area contributed by atoms with Crippen LogP contribution >= 0.6 is 11.3 Å². The third-order valence-corrected chi connectivity index (χ3v) is 3.65. The van der Waals surface area contributed by atoms with Crippen LogP contribution < -0.4 is 5.32 Å². The topological polar surface area (TPSA) is 68.3 Å². The molecule has 0 saturated heterocycles. The molecule has 1 heterocycles. The number of benzene rings is 1. The molecule has 0 unspecified atom stereocenters. The summed E-state index contributed by atoms with van der Waals surface area (Å²) in [5, 5.41) is 3.09. The van der Waals surface area contributed by atoms with Crippen LogP contribution in [0.5, 0.6) is 0 Å². The van der Waals surface area contributed by atoms with Gasteiger partial charge in [0.2, 0.25) is 5.91 Å². The SMILES string of the molecule is CCOC(=O)c1sc(NC(=O)CC)nc1-c1ccccc1. The predicted octanol–water partition coefficient (Wildman–Crippen LogP) is 3.34. The summed E-state index contributed by atoms with van der Waals surface area (Å²) < 4.78 is 5.05. The molecule has 2 rings (SSSR count). The van der Waals surface area contributed by atoms with Crippen LogP contribution in [0.4, 0.5) is 5.13 Å². The standard InChI is InChI=1S/C15H16N2O3S/c1-3-11(18)16-15-17-12(10-8-6-5-7-9-10)13(21-15)14(19)20-4-2/h5-9H,3-4H2,1-2H3,(H,16,17,18). The van der Waals surface area contributed by atoms with Crippen molar-refractivity contribution in [1.29, 1.82) is 0 Å². The molecule has 0 atom stereocenters. The summed E-state index contributed by atoms with van der Waals surface area (Å²) in [6.45, 7) is 3.80. The van der Waals surface area contributed by atoms with E-state index in [0.29, 0.717) is 28.7 Å². The number of rotatable bonds is 5. The van der Waals surface area contributed by atoms with Gasteiger partial charge >= 0.3 is 5.97 Å². The lowest BCUT2D eigenvalue weighted by Gasteiger charge is -2.01. The Labute approximate surface area is 127 Å². The Morgan fingerprint density at radius 3 is 2.57 bits per heavy atom. The molecule has 0 fully saturated rings. The number of nitrogens with one attached hydrogen (secondary N) is 1. The van der Waals surface area contributed by atoms with Crippen LogP contribution in [-0.2, 0) is 9.53 Å². The smallest absolute Gasteiger partial charge is 0.350 e. The first-order valence-electron chi connectivity index (χ1n) is 6.68. The fraction of sp³-hybridized carbons (Fsp3) is 0.267. The van der Waals surface area contributed by atoms with Crippen molar-refractivity contribution in [1.82, 2.24) is 4.98 Å². The molecular formula is C15H16N2O3S. The molecule has 21 heavy (non-hydrogen) atoms. The van der Waals surface area contributed by atoms with Crippen LogP contribution in [0, 0.1) is 0 Å². The molecule has 0 spiro atoms. The van der Waals surface area contributed by atoms with Gasteiger partial charge in [0.05, 0.1) is 12.3 Å². The number of amides is 1. The van der Waals surface area contributed by atoms with Crippen molar-refractivity contribution in [3.63, 3.8) is 0 Å². The second-order valence-corrected chi connectivity index (χ2v) is 5.18. The zero-order valence-electron chi connectivity index (χ0n) is 11.9. The molecule has 1 amide bonds. The van der Waals surface area contributed by atoms with Gasteiger partial charge in [0.15, 0.2) is 5.13 Å². The Bertz CT molecular complexity index is 638. The second kappa shape index (κ2) is 6.99. The number of carbonyl (C=O) groups excluding carboxylic acids is 2. The number of hydrogen-bond donors (Lipinski definition) is 1. The lowest BCUT2D eigenvalue weighted by molar-refractivity contribution is -0.115. The number of esters is 1. The number of anilines is 1. The Morgan fingerprint density at radius 2 is 1.95 bits per heavy atom. The summed E-state index contributed by atoms with van der Waals surface area (Å²) >= 11 is 1.13. The van der Waals surface area contributed by atoms with Crippen LogP contribution in [-0.4, -0.2) is 23.5 Å². The minimum Gasteiger partial charge on any atom is -0.462 e. The molecule has 1 N–H and O–H groups in total. The molecule has 6 heteroatoms. The van der Waals surface area contributed by atoms with Crippen molar-refractivity contribution in [3.8, 4) is 11.3 Å². The maximum Gasteiger partial charge on any atom is 0.350 e. The summed E-state index contributed by atoms with van der Waals surface area (Å²) in [6, 6.07) is 9.36. The van der Waals surface area contributed by atoms with Gasteiger partial charge < -0.3 is 10.1 Å². The van der Waals surface area contributed by atoms with Gasteiger partial charge in [-0.3, -0.25) is 4.79 Å². The summed E-state index contributed by atoms with van der Waals surface area (Å²) in [4.78, 5) is 28.3. The highest BCUT2D eigenvalue weighted by molar-refractivity contribution is 7.18. The van der Waals surface area contributed by atoms with Crippen LogP contribution in [0.3, 0.4) is 0 Å². The summed E-state index contributed by atoms with van der Waals surface area (Å²) in [5.41, 5.74) is 1.35. The number of nitrogens with zero attached hydrogens (tertiary/aromatic N) is 1. The van der Waals surface area contributed by atoms with E-state index in [-0.39, 0.29) is 5.91 Å². The van der Waals surface area contributed by atoms with E-state index in [2.05, 4.69) is 10.3 Å². The zero-order chi connectivity index (χ0) is 15.2. The first-order chi connectivity index (χ1) is 10.2. The summed E-state index contributed by atoms with van der Waals surface area (Å²) in [5.74, 6) is -0.565. The van der Waals surface area contributed by atoms with Crippen molar-refractivity contribution in [3.05, 3.63) is 35.2 Å². The van der Waals surface area contributed by atoms with Crippen LogP contribution in [0.2, 0.25) is 0 Å². The molecular weight excluding hydrogens is 288 g/mol. The van der Waals surface area contributed by atoms with E-state index < -0.39 is 5.97 Å². The van der Waals surface area contributed by atoms with E-state index in [4.69, 9.17) is 4.74 Å². The quantitative estimate of drug-likeness (QED) is 0.860. The number of thiazole rings is 1. The van der Waals surface area contributed by atoms with Crippen molar-refractivity contribution in [2.75, 3.05) is 11.9 Å². The fourth-order valence-corrected chi connectivity index (χ4v) is 2.61. The highest BCUT2D eigenvalue weighted by Crippen LogP contribution is 2.31. The molecule has 0 aliphatic heterocycles. The zero-order valence-corrected chi connectivity index (χ0v) is 12.7. The molecule has 1 aromatic carbocycles. The summed E-state index contributed by atoms with van der Waals surface area (Å²) in [7, 11) is 0. The van der Waals surface area contributed by atoms with Gasteiger partial charge in [-0.15, -0.1) is 0 Å². The molecule has 110 valence electrons. The van der Waals surface area contributed by atoms with Gasteiger partial charge in [-0.1, -0.05) is 48.6 Å². The monoisotopic (exact) mass is 304 g/mol. The molecule has 2 aromatic rings. The van der Waals surface area contributed by atoms with Gasteiger partial charge in [0.25, 0.3) is 0 Å². The lowest BCUT2D eigenvalue weighted by Crippen LogP contribution is -2.08. The first kappa shape index (κ1) is 15.2. The van der Waals surface area contributed by atoms with Crippen molar-refractivity contribution in [2.24, 2.45) is 0 Å². The van der Waals surface area contributed by atoms with Gasteiger partial charge in [-0.05, 0) is 6.92 Å². The van der Waals surface area contributed by atoms with Crippen LogP contribution in [0.25, 0.3) is 11.3 Å². The second-order valence-electron chi connectivity index (χ2n) is 4.18. The molecule has 0 saturated carbocycles.